The monoisotopic (exact) mass is 430 g/mol. The van der Waals surface area contributed by atoms with Crippen molar-refractivity contribution in [2.24, 2.45) is 0 Å². The Morgan fingerprint density at radius 1 is 1.19 bits per heavy atom. The second kappa shape index (κ2) is 7.15. The molecule has 2 aromatic heterocycles. The van der Waals surface area contributed by atoms with Gasteiger partial charge < -0.3 is 14.7 Å². The topological polar surface area (TPSA) is 92.0 Å². The minimum absolute atomic E-state index is 0.116. The molecule has 27 heavy (non-hydrogen) atoms. The van der Waals surface area contributed by atoms with Gasteiger partial charge in [-0.25, -0.2) is 4.79 Å². The van der Waals surface area contributed by atoms with E-state index >= 15 is 0 Å². The SMILES string of the molecule is CC(=O)c1c(C)[nH]c(C(=O)C(C)OC(=O)c2c[nH]c3ccc(Br)cc23)c1C. The van der Waals surface area contributed by atoms with Crippen LogP contribution < -0.4 is 0 Å². The molecule has 2 heterocycles. The zero-order valence-electron chi connectivity index (χ0n) is 15.4. The van der Waals surface area contributed by atoms with Gasteiger partial charge in [0.15, 0.2) is 11.9 Å². The summed E-state index contributed by atoms with van der Waals surface area (Å²) >= 11 is 3.38. The van der Waals surface area contributed by atoms with Crippen LogP contribution in [-0.4, -0.2) is 33.6 Å². The van der Waals surface area contributed by atoms with Crippen LogP contribution in [0.1, 0.15) is 56.3 Å². The minimum atomic E-state index is -0.994. The average molecular weight is 431 g/mol. The Kier molecular flexibility index (Phi) is 5.06. The number of halogens is 1. The third-order valence-electron chi connectivity index (χ3n) is 4.55. The van der Waals surface area contributed by atoms with Crippen molar-refractivity contribution in [2.45, 2.75) is 33.8 Å². The molecule has 0 spiro atoms. The Balaban J connectivity index is 1.84. The van der Waals surface area contributed by atoms with Gasteiger partial charge in [0.05, 0.1) is 11.3 Å². The number of esters is 1. The van der Waals surface area contributed by atoms with E-state index in [4.69, 9.17) is 4.74 Å². The van der Waals surface area contributed by atoms with Crippen LogP contribution in [0.15, 0.2) is 28.9 Å². The summed E-state index contributed by atoms with van der Waals surface area (Å²) < 4.78 is 6.23. The maximum Gasteiger partial charge on any atom is 0.341 e. The van der Waals surface area contributed by atoms with Gasteiger partial charge in [-0.2, -0.15) is 0 Å². The third kappa shape index (κ3) is 3.47. The lowest BCUT2D eigenvalue weighted by Crippen LogP contribution is -2.25. The summed E-state index contributed by atoms with van der Waals surface area (Å²) in [7, 11) is 0. The molecule has 0 radical (unpaired) electrons. The van der Waals surface area contributed by atoms with Crippen molar-refractivity contribution in [2.75, 3.05) is 0 Å². The van der Waals surface area contributed by atoms with Crippen molar-refractivity contribution in [3.63, 3.8) is 0 Å². The molecular weight excluding hydrogens is 412 g/mol. The van der Waals surface area contributed by atoms with Crippen LogP contribution in [-0.2, 0) is 4.74 Å². The van der Waals surface area contributed by atoms with Gasteiger partial charge in [-0.3, -0.25) is 9.59 Å². The summed E-state index contributed by atoms with van der Waals surface area (Å²) in [6.07, 6.45) is 0.570. The van der Waals surface area contributed by atoms with E-state index in [9.17, 15) is 14.4 Å². The maximum atomic E-state index is 12.7. The van der Waals surface area contributed by atoms with Crippen LogP contribution in [0.3, 0.4) is 0 Å². The number of aromatic nitrogens is 2. The van der Waals surface area contributed by atoms with Gasteiger partial charge in [0, 0.05) is 32.8 Å². The molecule has 0 saturated heterocycles. The van der Waals surface area contributed by atoms with Crippen LogP contribution >= 0.6 is 15.9 Å². The summed E-state index contributed by atoms with van der Waals surface area (Å²) in [5, 5.41) is 0.708. The number of hydrogen-bond acceptors (Lipinski definition) is 4. The molecule has 6 nitrogen and oxygen atoms in total. The van der Waals surface area contributed by atoms with Gasteiger partial charge in [0.25, 0.3) is 0 Å². The summed E-state index contributed by atoms with van der Waals surface area (Å²) in [5.74, 6) is -1.08. The highest BCUT2D eigenvalue weighted by atomic mass is 79.9. The maximum absolute atomic E-state index is 12.7. The zero-order chi connectivity index (χ0) is 19.9. The predicted molar refractivity (Wildman–Crippen MR) is 105 cm³/mol. The number of hydrogen-bond donors (Lipinski definition) is 2. The summed E-state index contributed by atoms with van der Waals surface area (Å²) in [6, 6.07) is 5.52. The largest absolute Gasteiger partial charge is 0.451 e. The van der Waals surface area contributed by atoms with Crippen molar-refractivity contribution in [1.29, 1.82) is 0 Å². The number of rotatable bonds is 5. The lowest BCUT2D eigenvalue weighted by molar-refractivity contribution is 0.0319. The van der Waals surface area contributed by atoms with Crippen molar-refractivity contribution >= 4 is 44.4 Å². The van der Waals surface area contributed by atoms with Crippen molar-refractivity contribution in [3.8, 4) is 0 Å². The van der Waals surface area contributed by atoms with Gasteiger partial charge in [-0.05, 0) is 51.5 Å². The second-order valence-electron chi connectivity index (χ2n) is 6.49. The smallest absolute Gasteiger partial charge is 0.341 e. The number of Topliss-reactive ketones (excluding diaryl/α,β-unsaturated/α-hetero) is 2. The van der Waals surface area contributed by atoms with Gasteiger partial charge in [0.1, 0.15) is 0 Å². The lowest BCUT2D eigenvalue weighted by Gasteiger charge is -2.12. The number of nitrogens with one attached hydrogen (secondary N) is 2. The van der Waals surface area contributed by atoms with Crippen LogP contribution in [0, 0.1) is 13.8 Å². The number of H-pyrrole nitrogens is 2. The third-order valence-corrected chi connectivity index (χ3v) is 5.05. The van der Waals surface area contributed by atoms with E-state index in [1.165, 1.54) is 13.8 Å². The molecule has 0 aliphatic rings. The molecule has 0 bridgehead atoms. The normalized spacial score (nSPS) is 12.2. The number of carbonyl (C=O) groups is 3. The highest BCUT2D eigenvalue weighted by Gasteiger charge is 2.27. The van der Waals surface area contributed by atoms with Crippen LogP contribution in [0.25, 0.3) is 10.9 Å². The van der Waals surface area contributed by atoms with E-state index in [-0.39, 0.29) is 11.6 Å². The van der Waals surface area contributed by atoms with Crippen LogP contribution in [0.2, 0.25) is 0 Å². The molecule has 7 heteroatoms. The Labute approximate surface area is 164 Å². The molecule has 2 N–H and O–H groups in total. The standard InChI is InChI=1S/C20H19BrN2O4/c1-9-17(11(3)24)10(2)23-18(9)19(25)12(4)27-20(26)15-8-22-16-6-5-13(21)7-14(15)16/h5-8,12,22-23H,1-4H3. The van der Waals surface area contributed by atoms with E-state index in [0.717, 1.165) is 9.99 Å². The first kappa shape index (κ1) is 19.1. The molecular formula is C20H19BrN2O4. The van der Waals surface area contributed by atoms with E-state index in [1.54, 1.807) is 20.0 Å². The number of aryl methyl sites for hydroxylation is 1. The number of carbonyl (C=O) groups excluding carboxylic acids is 3. The fourth-order valence-corrected chi connectivity index (χ4v) is 3.63. The summed E-state index contributed by atoms with van der Waals surface area (Å²) in [4.78, 5) is 43.0. The molecule has 1 aromatic carbocycles. The molecule has 1 atom stereocenters. The van der Waals surface area contributed by atoms with Crippen LogP contribution in [0.4, 0.5) is 0 Å². The van der Waals surface area contributed by atoms with Crippen molar-refractivity contribution < 1.29 is 19.1 Å². The highest BCUT2D eigenvalue weighted by Crippen LogP contribution is 2.25. The first-order valence-electron chi connectivity index (χ1n) is 8.42. The Morgan fingerprint density at radius 2 is 1.89 bits per heavy atom. The highest BCUT2D eigenvalue weighted by molar-refractivity contribution is 9.10. The molecule has 140 valence electrons. The lowest BCUT2D eigenvalue weighted by atomic mass is 10.0. The molecule has 0 aliphatic carbocycles. The second-order valence-corrected chi connectivity index (χ2v) is 7.40. The number of ether oxygens (including phenoxy) is 1. The minimum Gasteiger partial charge on any atom is -0.451 e. The first-order chi connectivity index (χ1) is 12.7. The van der Waals surface area contributed by atoms with Gasteiger partial charge in [-0.1, -0.05) is 15.9 Å². The molecule has 0 aliphatic heterocycles. The van der Waals surface area contributed by atoms with Crippen LogP contribution in [0.5, 0.6) is 0 Å². The van der Waals surface area contributed by atoms with Gasteiger partial charge >= 0.3 is 5.97 Å². The quantitative estimate of drug-likeness (QED) is 0.460. The fourth-order valence-electron chi connectivity index (χ4n) is 3.27. The van der Waals surface area contributed by atoms with Crippen molar-refractivity contribution in [3.05, 3.63) is 56.9 Å². The Bertz CT molecular complexity index is 1080. The zero-order valence-corrected chi connectivity index (χ0v) is 17.0. The Morgan fingerprint density at radius 3 is 2.52 bits per heavy atom. The molecule has 0 amide bonds. The molecule has 0 saturated carbocycles. The number of benzene rings is 1. The Hall–Kier alpha value is -2.67. The van der Waals surface area contributed by atoms with E-state index < -0.39 is 12.1 Å². The first-order valence-corrected chi connectivity index (χ1v) is 9.22. The number of fused-ring (bicyclic) bond motifs is 1. The fraction of sp³-hybridized carbons (Fsp3) is 0.250. The number of aromatic amines is 2. The average Bonchev–Trinajstić information content (AvgIpc) is 3.14. The molecule has 3 aromatic rings. The van der Waals surface area contributed by atoms with Gasteiger partial charge in [0.2, 0.25) is 5.78 Å². The summed E-state index contributed by atoms with van der Waals surface area (Å²) in [5.41, 5.74) is 3.14. The molecule has 0 fully saturated rings. The molecule has 3 rings (SSSR count). The van der Waals surface area contributed by atoms with E-state index in [0.29, 0.717) is 33.5 Å². The van der Waals surface area contributed by atoms with E-state index in [1.807, 2.05) is 18.2 Å². The molecule has 1 unspecified atom stereocenters. The number of ketones is 2. The van der Waals surface area contributed by atoms with Gasteiger partial charge in [-0.15, -0.1) is 0 Å². The van der Waals surface area contributed by atoms with E-state index in [2.05, 4.69) is 25.9 Å². The van der Waals surface area contributed by atoms with Crippen molar-refractivity contribution in [1.82, 2.24) is 9.97 Å². The predicted octanol–water partition coefficient (Wildman–Crippen LogP) is 4.51. The summed E-state index contributed by atoms with van der Waals surface area (Å²) in [6.45, 7) is 6.42.